The van der Waals surface area contributed by atoms with Crippen LogP contribution in [-0.2, 0) is 6.42 Å². The number of hydrogen-bond donors (Lipinski definition) is 1. The lowest BCUT2D eigenvalue weighted by molar-refractivity contribution is 0.575. The van der Waals surface area contributed by atoms with Crippen LogP contribution in [0.4, 0.5) is 0 Å². The van der Waals surface area contributed by atoms with Crippen LogP contribution < -0.4 is 5.32 Å². The van der Waals surface area contributed by atoms with Crippen LogP contribution in [0.2, 0.25) is 0 Å². The first-order valence-electron chi connectivity index (χ1n) is 5.88. The van der Waals surface area contributed by atoms with Crippen LogP contribution in [0.25, 0.3) is 0 Å². The van der Waals surface area contributed by atoms with Crippen molar-refractivity contribution in [3.63, 3.8) is 0 Å². The first kappa shape index (κ1) is 11.7. The quantitative estimate of drug-likeness (QED) is 0.852. The van der Waals surface area contributed by atoms with Crippen molar-refractivity contribution in [2.45, 2.75) is 19.4 Å². The van der Waals surface area contributed by atoms with E-state index in [0.29, 0.717) is 6.04 Å². The van der Waals surface area contributed by atoms with Crippen LogP contribution >= 0.6 is 0 Å². The first-order valence-corrected chi connectivity index (χ1v) is 5.88. The fourth-order valence-electron chi connectivity index (χ4n) is 1.73. The molecule has 88 valence electrons. The molecule has 0 spiro atoms. The van der Waals surface area contributed by atoms with Gasteiger partial charge >= 0.3 is 0 Å². The maximum atomic E-state index is 4.12. The summed E-state index contributed by atoms with van der Waals surface area (Å²) in [6.07, 6.45) is 8.39. The Morgan fingerprint density at radius 3 is 2.65 bits per heavy atom. The molecule has 0 aliphatic rings. The number of hydrogen-bond acceptors (Lipinski definition) is 3. The number of rotatable bonds is 5. The molecule has 1 atom stereocenters. The van der Waals surface area contributed by atoms with Crippen molar-refractivity contribution in [3.8, 4) is 0 Å². The summed E-state index contributed by atoms with van der Waals surface area (Å²) in [5, 5.41) is 3.49. The van der Waals surface area contributed by atoms with Gasteiger partial charge in [0.2, 0.25) is 0 Å². The van der Waals surface area contributed by atoms with E-state index in [9.17, 15) is 0 Å². The van der Waals surface area contributed by atoms with Gasteiger partial charge in [0.15, 0.2) is 0 Å². The van der Waals surface area contributed by atoms with E-state index in [1.54, 1.807) is 6.20 Å². The largest absolute Gasteiger partial charge is 0.310 e. The summed E-state index contributed by atoms with van der Waals surface area (Å²) in [6, 6.07) is 8.51. The highest BCUT2D eigenvalue weighted by molar-refractivity contribution is 5.13. The van der Waals surface area contributed by atoms with Gasteiger partial charge in [-0.3, -0.25) is 9.97 Å². The Morgan fingerprint density at radius 2 is 1.94 bits per heavy atom. The molecule has 0 amide bonds. The minimum absolute atomic E-state index is 0.338. The zero-order valence-corrected chi connectivity index (χ0v) is 10.0. The Hall–Kier alpha value is -1.74. The maximum Gasteiger partial charge on any atom is 0.0315 e. The number of nitrogens with one attached hydrogen (secondary N) is 1. The summed E-state index contributed by atoms with van der Waals surface area (Å²) in [5.41, 5.74) is 2.54. The smallest absolute Gasteiger partial charge is 0.0315 e. The van der Waals surface area contributed by atoms with E-state index >= 15 is 0 Å². The van der Waals surface area contributed by atoms with Gasteiger partial charge in [-0.05, 0) is 49.2 Å². The Labute approximate surface area is 102 Å². The summed E-state index contributed by atoms with van der Waals surface area (Å²) < 4.78 is 0. The third kappa shape index (κ3) is 3.64. The number of nitrogens with zero attached hydrogens (tertiary/aromatic N) is 2. The summed E-state index contributed by atoms with van der Waals surface area (Å²) in [7, 11) is 0. The molecular weight excluding hydrogens is 210 g/mol. The monoisotopic (exact) mass is 227 g/mol. The molecule has 2 heterocycles. The van der Waals surface area contributed by atoms with Crippen LogP contribution in [0, 0.1) is 0 Å². The Bertz CT molecular complexity index is 428. The zero-order valence-electron chi connectivity index (χ0n) is 10.0. The summed E-state index contributed by atoms with van der Waals surface area (Å²) in [6.45, 7) is 3.11. The minimum Gasteiger partial charge on any atom is -0.310 e. The van der Waals surface area contributed by atoms with E-state index in [-0.39, 0.29) is 0 Å². The van der Waals surface area contributed by atoms with Gasteiger partial charge < -0.3 is 5.32 Å². The second-order valence-corrected chi connectivity index (χ2v) is 4.07. The van der Waals surface area contributed by atoms with Gasteiger partial charge in [0, 0.05) is 30.8 Å². The van der Waals surface area contributed by atoms with Crippen molar-refractivity contribution < 1.29 is 0 Å². The predicted octanol–water partition coefficient (Wildman–Crippen LogP) is 2.37. The molecule has 0 aliphatic heterocycles. The average Bonchev–Trinajstić information content (AvgIpc) is 2.41. The van der Waals surface area contributed by atoms with Gasteiger partial charge in [-0.15, -0.1) is 0 Å². The van der Waals surface area contributed by atoms with E-state index in [4.69, 9.17) is 0 Å². The van der Waals surface area contributed by atoms with Crippen LogP contribution in [0.15, 0.2) is 49.1 Å². The first-order chi connectivity index (χ1) is 8.36. The van der Waals surface area contributed by atoms with Crippen LogP contribution in [0.3, 0.4) is 0 Å². The van der Waals surface area contributed by atoms with E-state index < -0.39 is 0 Å². The minimum atomic E-state index is 0.338. The van der Waals surface area contributed by atoms with Crippen molar-refractivity contribution in [1.29, 1.82) is 0 Å². The summed E-state index contributed by atoms with van der Waals surface area (Å²) in [4.78, 5) is 8.13. The fourth-order valence-corrected chi connectivity index (χ4v) is 1.73. The number of pyridine rings is 2. The normalized spacial score (nSPS) is 12.3. The Morgan fingerprint density at radius 1 is 1.12 bits per heavy atom. The van der Waals surface area contributed by atoms with Crippen molar-refractivity contribution in [1.82, 2.24) is 15.3 Å². The molecule has 0 fully saturated rings. The van der Waals surface area contributed by atoms with Crippen LogP contribution in [-0.4, -0.2) is 16.5 Å². The SMILES string of the molecule is C[C@@H](NCCc1ccncc1)c1cccnc1. The molecular formula is C14H17N3. The lowest BCUT2D eigenvalue weighted by atomic mass is 10.1. The molecule has 2 aromatic heterocycles. The molecule has 0 radical (unpaired) electrons. The van der Waals surface area contributed by atoms with Gasteiger partial charge in [0.05, 0.1) is 0 Å². The van der Waals surface area contributed by atoms with E-state index in [2.05, 4.69) is 40.4 Å². The van der Waals surface area contributed by atoms with Crippen LogP contribution in [0.1, 0.15) is 24.1 Å². The highest BCUT2D eigenvalue weighted by atomic mass is 14.9. The highest BCUT2D eigenvalue weighted by Gasteiger charge is 2.03. The molecule has 0 saturated carbocycles. The lowest BCUT2D eigenvalue weighted by Crippen LogP contribution is -2.21. The second-order valence-electron chi connectivity index (χ2n) is 4.07. The molecule has 0 bridgehead atoms. The molecule has 17 heavy (non-hydrogen) atoms. The highest BCUT2D eigenvalue weighted by Crippen LogP contribution is 2.09. The molecule has 0 unspecified atom stereocenters. The Kier molecular flexibility index (Phi) is 4.22. The molecule has 3 heteroatoms. The average molecular weight is 227 g/mol. The van der Waals surface area contributed by atoms with Crippen molar-refractivity contribution in [2.24, 2.45) is 0 Å². The second kappa shape index (κ2) is 6.11. The van der Waals surface area contributed by atoms with E-state index in [0.717, 1.165) is 13.0 Å². The molecule has 3 nitrogen and oxygen atoms in total. The Balaban J connectivity index is 1.79. The fraction of sp³-hybridized carbons (Fsp3) is 0.286. The van der Waals surface area contributed by atoms with Gasteiger partial charge in [0.1, 0.15) is 0 Å². The van der Waals surface area contributed by atoms with Crippen molar-refractivity contribution >= 4 is 0 Å². The molecule has 0 saturated heterocycles. The molecule has 2 aromatic rings. The van der Waals surface area contributed by atoms with Gasteiger partial charge in [-0.2, -0.15) is 0 Å². The van der Waals surface area contributed by atoms with Gasteiger partial charge in [-0.1, -0.05) is 6.07 Å². The number of aromatic nitrogens is 2. The van der Waals surface area contributed by atoms with Crippen molar-refractivity contribution in [3.05, 3.63) is 60.2 Å². The van der Waals surface area contributed by atoms with Gasteiger partial charge in [0.25, 0.3) is 0 Å². The molecule has 2 rings (SSSR count). The molecule has 0 aliphatic carbocycles. The topological polar surface area (TPSA) is 37.8 Å². The van der Waals surface area contributed by atoms with Crippen LogP contribution in [0.5, 0.6) is 0 Å². The lowest BCUT2D eigenvalue weighted by Gasteiger charge is -2.13. The van der Waals surface area contributed by atoms with E-state index in [1.165, 1.54) is 11.1 Å². The zero-order chi connectivity index (χ0) is 11.9. The molecule has 1 N–H and O–H groups in total. The summed E-state index contributed by atoms with van der Waals surface area (Å²) in [5.74, 6) is 0. The molecule has 0 aromatic carbocycles. The standard InChI is InChI=1S/C14H17N3/c1-12(14-3-2-7-16-11-14)17-10-6-13-4-8-15-9-5-13/h2-5,7-9,11-12,17H,6,10H2,1H3/t12-/m1/s1. The maximum absolute atomic E-state index is 4.12. The third-order valence-corrected chi connectivity index (χ3v) is 2.80. The predicted molar refractivity (Wildman–Crippen MR) is 68.6 cm³/mol. The van der Waals surface area contributed by atoms with E-state index in [1.807, 2.05) is 24.7 Å². The van der Waals surface area contributed by atoms with Crippen molar-refractivity contribution in [2.75, 3.05) is 6.54 Å². The third-order valence-electron chi connectivity index (χ3n) is 2.80. The van der Waals surface area contributed by atoms with Gasteiger partial charge in [-0.25, -0.2) is 0 Å². The summed E-state index contributed by atoms with van der Waals surface area (Å²) >= 11 is 0.